The lowest BCUT2D eigenvalue weighted by Gasteiger charge is -2.36. The Morgan fingerprint density at radius 3 is 2.66 bits per heavy atom. The molecule has 0 bridgehead atoms. The van der Waals surface area contributed by atoms with Gasteiger partial charge in [-0.1, -0.05) is 0 Å². The van der Waals surface area contributed by atoms with E-state index in [1.807, 2.05) is 24.4 Å². The third-order valence-corrected chi connectivity index (χ3v) is 5.31. The average molecular weight is 388 g/mol. The SMILES string of the molecule is N#Cc1cc2c(nc1N1CCN(c3cc(-n4cccn4)ncn3)CC1)CCOC2. The van der Waals surface area contributed by atoms with Crippen LogP contribution in [0.15, 0.2) is 36.9 Å². The lowest BCUT2D eigenvalue weighted by molar-refractivity contribution is 0.109. The zero-order valence-electron chi connectivity index (χ0n) is 15.9. The molecule has 0 atom stereocenters. The van der Waals surface area contributed by atoms with Crippen LogP contribution < -0.4 is 9.80 Å². The number of fused-ring (bicyclic) bond motifs is 1. The molecule has 0 unspecified atom stereocenters. The third-order valence-electron chi connectivity index (χ3n) is 5.31. The Morgan fingerprint density at radius 1 is 1.03 bits per heavy atom. The number of piperazine rings is 1. The molecule has 0 spiro atoms. The zero-order chi connectivity index (χ0) is 19.6. The van der Waals surface area contributed by atoms with Crippen molar-refractivity contribution in [1.29, 1.82) is 5.26 Å². The van der Waals surface area contributed by atoms with Crippen molar-refractivity contribution < 1.29 is 4.74 Å². The number of nitriles is 1. The fraction of sp³-hybridized carbons (Fsp3) is 0.350. The maximum Gasteiger partial charge on any atom is 0.158 e. The standard InChI is InChI=1S/C20H20N8O/c21-12-15-10-16-13-29-9-2-17(16)25-20(15)27-7-5-26(6-8-27)18-11-19(23-14-22-18)28-4-1-3-24-28/h1,3-4,10-11,14H,2,5-9,13H2. The molecule has 9 nitrogen and oxygen atoms in total. The molecular weight excluding hydrogens is 368 g/mol. The first-order valence-corrected chi connectivity index (χ1v) is 9.64. The van der Waals surface area contributed by atoms with Crippen LogP contribution in [0, 0.1) is 11.3 Å². The summed E-state index contributed by atoms with van der Waals surface area (Å²) in [5.74, 6) is 2.40. The second-order valence-corrected chi connectivity index (χ2v) is 7.04. The molecule has 3 aromatic heterocycles. The lowest BCUT2D eigenvalue weighted by atomic mass is 10.1. The van der Waals surface area contributed by atoms with Gasteiger partial charge in [-0.2, -0.15) is 10.4 Å². The summed E-state index contributed by atoms with van der Waals surface area (Å²) in [5.41, 5.74) is 2.69. The van der Waals surface area contributed by atoms with Crippen molar-refractivity contribution in [3.05, 3.63) is 53.7 Å². The molecule has 1 saturated heterocycles. The number of rotatable bonds is 3. The van der Waals surface area contributed by atoms with Crippen LogP contribution >= 0.6 is 0 Å². The number of nitrogens with zero attached hydrogens (tertiary/aromatic N) is 8. The molecule has 1 fully saturated rings. The third kappa shape index (κ3) is 3.39. The van der Waals surface area contributed by atoms with Crippen LogP contribution in [-0.2, 0) is 17.8 Å². The van der Waals surface area contributed by atoms with E-state index in [1.54, 1.807) is 17.2 Å². The average Bonchev–Trinajstić information content (AvgIpc) is 3.33. The summed E-state index contributed by atoms with van der Waals surface area (Å²) >= 11 is 0. The number of pyridine rings is 1. The van der Waals surface area contributed by atoms with Gasteiger partial charge in [-0.15, -0.1) is 0 Å². The highest BCUT2D eigenvalue weighted by atomic mass is 16.5. The molecule has 0 aromatic carbocycles. The minimum Gasteiger partial charge on any atom is -0.376 e. The van der Waals surface area contributed by atoms with E-state index in [9.17, 15) is 5.26 Å². The zero-order valence-corrected chi connectivity index (χ0v) is 15.9. The first-order chi connectivity index (χ1) is 14.3. The normalized spacial score (nSPS) is 16.4. The van der Waals surface area contributed by atoms with Crippen LogP contribution in [0.2, 0.25) is 0 Å². The summed E-state index contributed by atoms with van der Waals surface area (Å²) in [6, 6.07) is 8.05. The topological polar surface area (TPSA) is 96.0 Å². The highest BCUT2D eigenvalue weighted by molar-refractivity contribution is 5.57. The molecule has 29 heavy (non-hydrogen) atoms. The molecule has 146 valence electrons. The maximum atomic E-state index is 9.61. The first-order valence-electron chi connectivity index (χ1n) is 9.64. The molecule has 2 aliphatic rings. The summed E-state index contributed by atoms with van der Waals surface area (Å²) in [5, 5.41) is 13.8. The van der Waals surface area contributed by atoms with Crippen molar-refractivity contribution in [3.63, 3.8) is 0 Å². The Balaban J connectivity index is 1.34. The summed E-state index contributed by atoms with van der Waals surface area (Å²) in [7, 11) is 0. The molecule has 5 rings (SSSR count). The van der Waals surface area contributed by atoms with Gasteiger partial charge < -0.3 is 14.5 Å². The predicted octanol–water partition coefficient (Wildman–Crippen LogP) is 1.33. The summed E-state index contributed by atoms with van der Waals surface area (Å²) in [4.78, 5) is 18.0. The Kier molecular flexibility index (Phi) is 4.54. The van der Waals surface area contributed by atoms with Crippen LogP contribution in [0.1, 0.15) is 16.8 Å². The Bertz CT molecular complexity index is 1050. The second kappa shape index (κ2) is 7.48. The Labute approximate surface area is 168 Å². The van der Waals surface area contributed by atoms with Crippen LogP contribution in [0.3, 0.4) is 0 Å². The highest BCUT2D eigenvalue weighted by Crippen LogP contribution is 2.26. The molecule has 2 aliphatic heterocycles. The smallest absolute Gasteiger partial charge is 0.158 e. The van der Waals surface area contributed by atoms with Crippen molar-refractivity contribution in [2.45, 2.75) is 13.0 Å². The van der Waals surface area contributed by atoms with Gasteiger partial charge in [0.1, 0.15) is 24.0 Å². The van der Waals surface area contributed by atoms with Crippen LogP contribution in [0.4, 0.5) is 11.6 Å². The monoisotopic (exact) mass is 388 g/mol. The van der Waals surface area contributed by atoms with Gasteiger partial charge in [0.2, 0.25) is 0 Å². The predicted molar refractivity (Wildman–Crippen MR) is 106 cm³/mol. The summed E-state index contributed by atoms with van der Waals surface area (Å²) in [6.45, 7) is 4.36. The molecule has 0 saturated carbocycles. The van der Waals surface area contributed by atoms with Gasteiger partial charge in [-0.25, -0.2) is 19.6 Å². The molecule has 0 N–H and O–H groups in total. The molecule has 5 heterocycles. The van der Waals surface area contributed by atoms with Crippen LogP contribution in [0.5, 0.6) is 0 Å². The Hall–Kier alpha value is -3.51. The van der Waals surface area contributed by atoms with Crippen molar-refractivity contribution in [1.82, 2.24) is 24.7 Å². The van der Waals surface area contributed by atoms with E-state index in [4.69, 9.17) is 9.72 Å². The van der Waals surface area contributed by atoms with E-state index >= 15 is 0 Å². The number of aromatic nitrogens is 5. The molecule has 9 heteroatoms. The van der Waals surface area contributed by atoms with Gasteiger partial charge in [-0.05, 0) is 12.1 Å². The second-order valence-electron chi connectivity index (χ2n) is 7.04. The lowest BCUT2D eigenvalue weighted by Crippen LogP contribution is -2.47. The van der Waals surface area contributed by atoms with E-state index in [0.717, 1.165) is 61.3 Å². The highest BCUT2D eigenvalue weighted by Gasteiger charge is 2.24. The summed E-state index contributed by atoms with van der Waals surface area (Å²) < 4.78 is 7.22. The fourth-order valence-electron chi connectivity index (χ4n) is 3.78. The number of hydrogen-bond donors (Lipinski definition) is 0. The van der Waals surface area contributed by atoms with Crippen LogP contribution in [0.25, 0.3) is 5.82 Å². The number of anilines is 2. The van der Waals surface area contributed by atoms with Gasteiger partial charge in [0.25, 0.3) is 0 Å². The molecule has 0 amide bonds. The quantitative estimate of drug-likeness (QED) is 0.663. The van der Waals surface area contributed by atoms with Crippen molar-refractivity contribution in [3.8, 4) is 11.9 Å². The molecule has 3 aromatic rings. The van der Waals surface area contributed by atoms with E-state index in [-0.39, 0.29) is 0 Å². The maximum absolute atomic E-state index is 9.61. The minimum absolute atomic E-state index is 0.539. The van der Waals surface area contributed by atoms with E-state index < -0.39 is 0 Å². The van der Waals surface area contributed by atoms with Gasteiger partial charge in [0.05, 0.1) is 24.5 Å². The number of ether oxygens (including phenoxy) is 1. The van der Waals surface area contributed by atoms with Gasteiger partial charge in [-0.3, -0.25) is 0 Å². The van der Waals surface area contributed by atoms with Gasteiger partial charge in [0, 0.05) is 56.6 Å². The van der Waals surface area contributed by atoms with Gasteiger partial charge in [0.15, 0.2) is 5.82 Å². The van der Waals surface area contributed by atoms with Crippen molar-refractivity contribution >= 4 is 11.6 Å². The van der Waals surface area contributed by atoms with Crippen LogP contribution in [-0.4, -0.2) is 57.5 Å². The molecule has 0 aliphatic carbocycles. The molecular formula is C20H20N8O. The number of hydrogen-bond acceptors (Lipinski definition) is 8. The first kappa shape index (κ1) is 17.6. The fourth-order valence-corrected chi connectivity index (χ4v) is 3.78. The minimum atomic E-state index is 0.539. The van der Waals surface area contributed by atoms with Crippen molar-refractivity contribution in [2.75, 3.05) is 42.6 Å². The van der Waals surface area contributed by atoms with Gasteiger partial charge >= 0.3 is 0 Å². The summed E-state index contributed by atoms with van der Waals surface area (Å²) in [6.07, 6.45) is 5.95. The van der Waals surface area contributed by atoms with Crippen molar-refractivity contribution in [2.24, 2.45) is 0 Å². The van der Waals surface area contributed by atoms with E-state index in [2.05, 4.69) is 30.9 Å². The molecule has 0 radical (unpaired) electrons. The Morgan fingerprint density at radius 2 is 1.86 bits per heavy atom. The van der Waals surface area contributed by atoms with E-state index in [1.165, 1.54) is 0 Å². The van der Waals surface area contributed by atoms with E-state index in [0.29, 0.717) is 18.8 Å². The largest absolute Gasteiger partial charge is 0.376 e.